The number of nitrogens with one attached hydrogen (secondary N) is 1. The van der Waals surface area contributed by atoms with Crippen molar-refractivity contribution >= 4 is 30.6 Å². The number of ether oxygens (including phenoxy) is 1. The van der Waals surface area contributed by atoms with Gasteiger partial charge in [0.15, 0.2) is 0 Å². The normalized spacial score (nSPS) is 14.1. The van der Waals surface area contributed by atoms with Crippen molar-refractivity contribution < 1.29 is 9.53 Å². The monoisotopic (exact) mass is 367 g/mol. The Morgan fingerprint density at radius 1 is 1.41 bits per heavy atom. The summed E-state index contributed by atoms with van der Waals surface area (Å²) >= 11 is 0. The molecule has 0 spiro atoms. The highest BCUT2D eigenvalue weighted by Crippen LogP contribution is 2.21. The molecule has 1 aliphatic heterocycles. The van der Waals surface area contributed by atoms with Gasteiger partial charge in [-0.05, 0) is 43.2 Å². The molecule has 1 N–H and O–H groups in total. The quantitative estimate of drug-likeness (QED) is 0.594. The second-order valence-electron chi connectivity index (χ2n) is 6.00. The lowest BCUT2D eigenvalue weighted by atomic mass is 10.1. The third-order valence-electron chi connectivity index (χ3n) is 3.90. The van der Waals surface area contributed by atoms with Crippen LogP contribution in [0.2, 0.25) is 0 Å². The first-order chi connectivity index (χ1) is 13.0. The number of benzene rings is 1. The zero-order valence-corrected chi connectivity index (χ0v) is 16.1. The Kier molecular flexibility index (Phi) is 7.49. The minimum atomic E-state index is -0.134. The Hall–Kier alpha value is -3.22. The summed E-state index contributed by atoms with van der Waals surface area (Å²) in [6.07, 6.45) is 9.62. The molecule has 0 fully saturated rings. The second-order valence-corrected chi connectivity index (χ2v) is 6.00. The number of amides is 1. The zero-order chi connectivity index (χ0) is 19.6. The molecule has 0 aliphatic carbocycles. The molecule has 0 aromatic heterocycles. The third kappa shape index (κ3) is 6.22. The first-order valence-electron chi connectivity index (χ1n) is 8.64. The number of hydrazone groups is 1. The van der Waals surface area contributed by atoms with E-state index in [1.54, 1.807) is 30.8 Å². The molecule has 1 aliphatic rings. The lowest BCUT2D eigenvalue weighted by Crippen LogP contribution is -2.26. The molecule has 1 amide bonds. The van der Waals surface area contributed by atoms with E-state index in [4.69, 9.17) is 4.74 Å². The first kappa shape index (κ1) is 20.1. The van der Waals surface area contributed by atoms with E-state index in [-0.39, 0.29) is 12.3 Å². The van der Waals surface area contributed by atoms with Crippen LogP contribution in [0, 0.1) is 0 Å². The second kappa shape index (κ2) is 10.1. The van der Waals surface area contributed by atoms with E-state index in [1.807, 2.05) is 51.4 Å². The molecule has 0 radical (unpaired) electrons. The molecular formula is C20H25N5O2. The average molecular weight is 367 g/mol. The van der Waals surface area contributed by atoms with Gasteiger partial charge in [-0.1, -0.05) is 6.07 Å². The minimum absolute atomic E-state index is 0.134. The van der Waals surface area contributed by atoms with Crippen molar-refractivity contribution in [2.75, 3.05) is 14.2 Å². The third-order valence-corrected chi connectivity index (χ3v) is 3.90. The molecule has 0 unspecified atom stereocenters. The van der Waals surface area contributed by atoms with Gasteiger partial charge in [-0.15, -0.1) is 0 Å². The zero-order valence-electron chi connectivity index (χ0n) is 16.1. The largest absolute Gasteiger partial charge is 0.496 e. The molecule has 1 heterocycles. The molecule has 2 rings (SSSR count). The summed E-state index contributed by atoms with van der Waals surface area (Å²) in [6.45, 7) is 3.80. The number of carbonyl (C=O) groups excluding carboxylic acids is 1. The van der Waals surface area contributed by atoms with Gasteiger partial charge in [0.25, 0.3) is 0 Å². The number of nitrogens with zero attached hydrogens (tertiary/aromatic N) is 4. The van der Waals surface area contributed by atoms with Gasteiger partial charge in [0.1, 0.15) is 5.75 Å². The smallest absolute Gasteiger partial charge is 0.228 e. The van der Waals surface area contributed by atoms with Crippen LogP contribution in [-0.4, -0.2) is 43.7 Å². The number of hydrogen-bond donors (Lipinski definition) is 1. The Morgan fingerprint density at radius 3 is 2.96 bits per heavy atom. The van der Waals surface area contributed by atoms with Crippen molar-refractivity contribution in [2.45, 2.75) is 26.7 Å². The van der Waals surface area contributed by atoms with Gasteiger partial charge in [0.2, 0.25) is 5.91 Å². The maximum Gasteiger partial charge on any atom is 0.228 e. The summed E-state index contributed by atoms with van der Waals surface area (Å²) in [4.78, 5) is 12.5. The maximum atomic E-state index is 12.5. The standard InChI is InChI=1S/C20H25N5O2/c1-5-23-25(3)11-9-16-6-7-19(27-4)17(12-16)13-20(26)24-18-14-22-21-10-8-15(18)2/h5-7,9-12,14H,8,13H2,1-4H3,(H,24,26). The molecule has 0 bridgehead atoms. The number of carbonyl (C=O) groups is 1. The Bertz CT molecular complexity index is 822. The highest BCUT2D eigenvalue weighted by Gasteiger charge is 2.12. The molecule has 0 saturated carbocycles. The van der Waals surface area contributed by atoms with Crippen LogP contribution in [0.1, 0.15) is 31.4 Å². The molecule has 7 nitrogen and oxygen atoms in total. The minimum Gasteiger partial charge on any atom is -0.496 e. The molecule has 27 heavy (non-hydrogen) atoms. The van der Waals surface area contributed by atoms with Crippen LogP contribution in [-0.2, 0) is 11.2 Å². The van der Waals surface area contributed by atoms with Crippen LogP contribution < -0.4 is 10.1 Å². The Morgan fingerprint density at radius 2 is 2.22 bits per heavy atom. The van der Waals surface area contributed by atoms with Crippen molar-refractivity contribution in [2.24, 2.45) is 15.3 Å². The Labute approximate surface area is 159 Å². The van der Waals surface area contributed by atoms with Gasteiger partial charge in [-0.3, -0.25) is 9.80 Å². The first-order valence-corrected chi connectivity index (χ1v) is 8.64. The summed E-state index contributed by atoms with van der Waals surface area (Å²) in [5.41, 5.74) is 3.46. The van der Waals surface area contributed by atoms with E-state index in [2.05, 4.69) is 20.6 Å². The van der Waals surface area contributed by atoms with Gasteiger partial charge in [-0.25, -0.2) is 0 Å². The molecule has 1 aromatic carbocycles. The van der Waals surface area contributed by atoms with Crippen molar-refractivity contribution in [3.8, 4) is 5.75 Å². The van der Waals surface area contributed by atoms with Crippen LogP contribution in [0.25, 0.3) is 6.08 Å². The lowest BCUT2D eigenvalue weighted by Gasteiger charge is -2.12. The van der Waals surface area contributed by atoms with Crippen LogP contribution in [0.5, 0.6) is 5.75 Å². The molecule has 7 heteroatoms. The van der Waals surface area contributed by atoms with Crippen molar-refractivity contribution in [1.29, 1.82) is 0 Å². The van der Waals surface area contributed by atoms with E-state index in [0.717, 1.165) is 16.7 Å². The topological polar surface area (TPSA) is 78.6 Å². The summed E-state index contributed by atoms with van der Waals surface area (Å²) in [5, 5.41) is 16.5. The fraction of sp³-hybridized carbons (Fsp3) is 0.300. The van der Waals surface area contributed by atoms with Gasteiger partial charge in [-0.2, -0.15) is 15.3 Å². The SMILES string of the molecule is CC=NN(C)C=Cc1ccc(OC)c(CC(=O)NC2=C(C)CC=NN=C2)c1. The van der Waals surface area contributed by atoms with Crippen molar-refractivity contribution in [3.05, 3.63) is 46.8 Å². The maximum absolute atomic E-state index is 12.5. The number of hydrogen-bond acceptors (Lipinski definition) is 6. The van der Waals surface area contributed by atoms with Gasteiger partial charge >= 0.3 is 0 Å². The summed E-state index contributed by atoms with van der Waals surface area (Å²) in [5.74, 6) is 0.538. The molecular weight excluding hydrogens is 342 g/mol. The number of allylic oxidation sites excluding steroid dienone is 2. The van der Waals surface area contributed by atoms with Crippen molar-refractivity contribution in [3.63, 3.8) is 0 Å². The fourth-order valence-electron chi connectivity index (χ4n) is 2.50. The van der Waals surface area contributed by atoms with Gasteiger partial charge < -0.3 is 10.1 Å². The van der Waals surface area contributed by atoms with Gasteiger partial charge in [0, 0.05) is 37.7 Å². The van der Waals surface area contributed by atoms with E-state index in [0.29, 0.717) is 17.9 Å². The van der Waals surface area contributed by atoms with Crippen LogP contribution in [0.4, 0.5) is 0 Å². The molecule has 142 valence electrons. The lowest BCUT2D eigenvalue weighted by molar-refractivity contribution is -0.119. The van der Waals surface area contributed by atoms with Crippen molar-refractivity contribution in [1.82, 2.24) is 10.3 Å². The van der Waals surface area contributed by atoms with Crippen LogP contribution in [0.3, 0.4) is 0 Å². The number of rotatable bonds is 7. The fourth-order valence-corrected chi connectivity index (χ4v) is 2.50. The van der Waals surface area contributed by atoms with E-state index >= 15 is 0 Å². The number of methoxy groups -OCH3 is 1. The summed E-state index contributed by atoms with van der Waals surface area (Å²) in [6, 6.07) is 5.73. The van der Waals surface area contributed by atoms with Gasteiger partial charge in [0.05, 0.1) is 25.4 Å². The molecule has 0 saturated heterocycles. The molecule has 0 atom stereocenters. The summed E-state index contributed by atoms with van der Waals surface area (Å²) < 4.78 is 5.40. The highest BCUT2D eigenvalue weighted by atomic mass is 16.5. The average Bonchev–Trinajstić information content (AvgIpc) is 2.85. The van der Waals surface area contributed by atoms with Crippen LogP contribution in [0.15, 0.2) is 51.0 Å². The predicted octanol–water partition coefficient (Wildman–Crippen LogP) is 3.00. The van der Waals surface area contributed by atoms with E-state index in [1.165, 1.54) is 0 Å². The molecule has 1 aromatic rings. The predicted molar refractivity (Wildman–Crippen MR) is 110 cm³/mol. The highest BCUT2D eigenvalue weighted by molar-refractivity contribution is 5.91. The Balaban J connectivity index is 2.14. The van der Waals surface area contributed by atoms with E-state index in [9.17, 15) is 4.79 Å². The van der Waals surface area contributed by atoms with Crippen LogP contribution >= 0.6 is 0 Å². The summed E-state index contributed by atoms with van der Waals surface area (Å²) in [7, 11) is 3.44. The van der Waals surface area contributed by atoms with E-state index < -0.39 is 0 Å².